The molecule has 0 aliphatic carbocycles. The summed E-state index contributed by atoms with van der Waals surface area (Å²) in [6.45, 7) is 2.09. The molecule has 5 heteroatoms. The lowest BCUT2D eigenvalue weighted by molar-refractivity contribution is 0.0916. The van der Waals surface area contributed by atoms with Crippen LogP contribution in [0.3, 0.4) is 0 Å². The molecule has 0 bridgehead atoms. The molecule has 0 radical (unpaired) electrons. The van der Waals surface area contributed by atoms with E-state index in [0.717, 1.165) is 35.3 Å². The third-order valence-corrected chi connectivity index (χ3v) is 4.62. The molecule has 1 aromatic rings. The Hall–Kier alpha value is -0.390. The van der Waals surface area contributed by atoms with E-state index < -0.39 is 0 Å². The summed E-state index contributed by atoms with van der Waals surface area (Å²) in [5.41, 5.74) is 0. The van der Waals surface area contributed by atoms with Gasteiger partial charge < -0.3 is 10.2 Å². The van der Waals surface area contributed by atoms with Gasteiger partial charge in [-0.2, -0.15) is 0 Å². The van der Waals surface area contributed by atoms with E-state index in [-0.39, 0.29) is 5.91 Å². The number of thiophene rings is 1. The van der Waals surface area contributed by atoms with E-state index >= 15 is 0 Å². The summed E-state index contributed by atoms with van der Waals surface area (Å²) in [4.78, 5) is 15.0. The summed E-state index contributed by atoms with van der Waals surface area (Å²) in [5.74, 6) is 0.0437. The average molecular weight is 303 g/mol. The van der Waals surface area contributed by atoms with E-state index in [1.165, 1.54) is 11.3 Å². The number of nitrogens with zero attached hydrogens (tertiary/aromatic N) is 1. The Bertz CT molecular complexity index is 380. The van der Waals surface area contributed by atoms with Gasteiger partial charge in [0.2, 0.25) is 0 Å². The van der Waals surface area contributed by atoms with Crippen LogP contribution < -0.4 is 5.32 Å². The van der Waals surface area contributed by atoms with Crippen LogP contribution >= 0.6 is 27.3 Å². The van der Waals surface area contributed by atoms with Gasteiger partial charge in [-0.15, -0.1) is 11.3 Å². The fraction of sp³-hybridized carbons (Fsp3) is 0.545. The molecule has 88 valence electrons. The molecule has 1 saturated heterocycles. The predicted molar refractivity (Wildman–Crippen MR) is 70.0 cm³/mol. The first-order valence-electron chi connectivity index (χ1n) is 5.39. The molecule has 1 aliphatic heterocycles. The molecule has 3 nitrogen and oxygen atoms in total. The second-order valence-corrected chi connectivity index (χ2v) is 5.94. The zero-order valence-electron chi connectivity index (χ0n) is 9.20. The van der Waals surface area contributed by atoms with Gasteiger partial charge in [0.1, 0.15) is 4.88 Å². The highest BCUT2D eigenvalue weighted by atomic mass is 79.9. The fourth-order valence-electron chi connectivity index (χ4n) is 1.99. The molecule has 16 heavy (non-hydrogen) atoms. The molecule has 1 N–H and O–H groups in total. The molecule has 0 spiro atoms. The first kappa shape index (κ1) is 12.1. The highest BCUT2D eigenvalue weighted by Gasteiger charge is 2.20. The number of amides is 1. The van der Waals surface area contributed by atoms with Crippen molar-refractivity contribution < 1.29 is 4.79 Å². The molecule has 1 aromatic heterocycles. The van der Waals surface area contributed by atoms with Crippen molar-refractivity contribution in [1.29, 1.82) is 0 Å². The molecule has 1 unspecified atom stereocenters. The molecule has 1 atom stereocenters. The standard InChI is InChI=1S/C11H15BrN2OS/c1-14-5-2-3-8(7-14)13-11(15)10-9(12)4-6-16-10/h4,6,8H,2-3,5,7H2,1H3,(H,13,15). The maximum absolute atomic E-state index is 12.0. The molecule has 1 aliphatic rings. The van der Waals surface area contributed by atoms with E-state index in [1.807, 2.05) is 11.4 Å². The molecule has 2 heterocycles. The first-order valence-corrected chi connectivity index (χ1v) is 7.06. The Morgan fingerprint density at radius 2 is 2.50 bits per heavy atom. The van der Waals surface area contributed by atoms with Gasteiger partial charge in [0.15, 0.2) is 0 Å². The minimum atomic E-state index is 0.0437. The number of hydrogen-bond acceptors (Lipinski definition) is 3. The Kier molecular flexibility index (Phi) is 4.00. The lowest BCUT2D eigenvalue weighted by Crippen LogP contribution is -2.46. The zero-order valence-corrected chi connectivity index (χ0v) is 11.6. The third kappa shape index (κ3) is 2.84. The highest BCUT2D eigenvalue weighted by Crippen LogP contribution is 2.22. The van der Waals surface area contributed by atoms with Crippen molar-refractivity contribution >= 4 is 33.2 Å². The van der Waals surface area contributed by atoms with Crippen LogP contribution in [0.4, 0.5) is 0 Å². The van der Waals surface area contributed by atoms with Gasteiger partial charge >= 0.3 is 0 Å². The van der Waals surface area contributed by atoms with Crippen molar-refractivity contribution in [1.82, 2.24) is 10.2 Å². The summed E-state index contributed by atoms with van der Waals surface area (Å²) in [5, 5.41) is 5.01. The third-order valence-electron chi connectivity index (χ3n) is 2.78. The van der Waals surface area contributed by atoms with Gasteiger partial charge in [-0.3, -0.25) is 4.79 Å². The second-order valence-electron chi connectivity index (χ2n) is 4.17. The van der Waals surface area contributed by atoms with E-state index in [1.54, 1.807) is 0 Å². The SMILES string of the molecule is CN1CCCC(NC(=O)c2sccc2Br)C1. The van der Waals surface area contributed by atoms with Crippen LogP contribution in [0.25, 0.3) is 0 Å². The van der Waals surface area contributed by atoms with E-state index in [2.05, 4.69) is 33.2 Å². The number of likely N-dealkylation sites (tertiary alicyclic amines) is 1. The molecule has 0 aromatic carbocycles. The van der Waals surface area contributed by atoms with Gasteiger partial charge in [-0.25, -0.2) is 0 Å². The van der Waals surface area contributed by atoms with Crippen LogP contribution in [0.2, 0.25) is 0 Å². The Labute approximate surface area is 108 Å². The lowest BCUT2D eigenvalue weighted by Gasteiger charge is -2.30. The Morgan fingerprint density at radius 1 is 1.69 bits per heavy atom. The summed E-state index contributed by atoms with van der Waals surface area (Å²) in [7, 11) is 2.10. The van der Waals surface area contributed by atoms with Crippen LogP contribution in [0.15, 0.2) is 15.9 Å². The minimum Gasteiger partial charge on any atom is -0.347 e. The zero-order chi connectivity index (χ0) is 11.5. The summed E-state index contributed by atoms with van der Waals surface area (Å²) in [6.07, 6.45) is 2.24. The number of piperidine rings is 1. The molecular weight excluding hydrogens is 288 g/mol. The molecule has 1 fully saturated rings. The quantitative estimate of drug-likeness (QED) is 0.909. The van der Waals surface area contributed by atoms with Crippen LogP contribution in [-0.4, -0.2) is 37.0 Å². The van der Waals surface area contributed by atoms with Gasteiger partial charge in [0.25, 0.3) is 5.91 Å². The number of halogens is 1. The number of rotatable bonds is 2. The van der Waals surface area contributed by atoms with Crippen molar-refractivity contribution in [2.45, 2.75) is 18.9 Å². The Morgan fingerprint density at radius 3 is 3.12 bits per heavy atom. The maximum atomic E-state index is 12.0. The summed E-state index contributed by atoms with van der Waals surface area (Å²) in [6, 6.07) is 2.20. The minimum absolute atomic E-state index is 0.0437. The lowest BCUT2D eigenvalue weighted by atomic mass is 10.1. The van der Waals surface area contributed by atoms with E-state index in [4.69, 9.17) is 0 Å². The highest BCUT2D eigenvalue weighted by molar-refractivity contribution is 9.10. The molecule has 0 saturated carbocycles. The first-order chi connectivity index (χ1) is 7.66. The number of hydrogen-bond donors (Lipinski definition) is 1. The van der Waals surface area contributed by atoms with Gasteiger partial charge in [0, 0.05) is 17.1 Å². The average Bonchev–Trinajstić information content (AvgIpc) is 2.64. The predicted octanol–water partition coefficient (Wildman–Crippen LogP) is 2.33. The fourth-order valence-corrected chi connectivity index (χ4v) is 3.45. The van der Waals surface area contributed by atoms with E-state index in [9.17, 15) is 4.79 Å². The van der Waals surface area contributed by atoms with Crippen LogP contribution in [-0.2, 0) is 0 Å². The van der Waals surface area contributed by atoms with Crippen LogP contribution in [0, 0.1) is 0 Å². The van der Waals surface area contributed by atoms with Crippen molar-refractivity contribution in [2.75, 3.05) is 20.1 Å². The number of likely N-dealkylation sites (N-methyl/N-ethyl adjacent to an activating group) is 1. The number of nitrogens with one attached hydrogen (secondary N) is 1. The van der Waals surface area contributed by atoms with Crippen molar-refractivity contribution in [3.63, 3.8) is 0 Å². The summed E-state index contributed by atoms with van der Waals surface area (Å²) < 4.78 is 0.888. The monoisotopic (exact) mass is 302 g/mol. The smallest absolute Gasteiger partial charge is 0.262 e. The van der Waals surface area contributed by atoms with Gasteiger partial charge in [-0.1, -0.05) is 0 Å². The molecular formula is C11H15BrN2OS. The number of carbonyl (C=O) groups is 1. The van der Waals surface area contributed by atoms with Crippen molar-refractivity contribution in [2.24, 2.45) is 0 Å². The second kappa shape index (κ2) is 5.29. The maximum Gasteiger partial charge on any atom is 0.262 e. The van der Waals surface area contributed by atoms with Crippen molar-refractivity contribution in [3.05, 3.63) is 20.8 Å². The molecule has 2 rings (SSSR count). The molecule has 1 amide bonds. The van der Waals surface area contributed by atoms with Crippen molar-refractivity contribution in [3.8, 4) is 0 Å². The Balaban J connectivity index is 1.95. The largest absolute Gasteiger partial charge is 0.347 e. The topological polar surface area (TPSA) is 32.3 Å². The number of carbonyl (C=O) groups excluding carboxylic acids is 1. The summed E-state index contributed by atoms with van der Waals surface area (Å²) >= 11 is 4.86. The van der Waals surface area contributed by atoms with Crippen LogP contribution in [0.1, 0.15) is 22.5 Å². The van der Waals surface area contributed by atoms with Crippen LogP contribution in [0.5, 0.6) is 0 Å². The van der Waals surface area contributed by atoms with Gasteiger partial charge in [0.05, 0.1) is 0 Å². The normalized spacial score (nSPS) is 22.0. The van der Waals surface area contributed by atoms with E-state index in [0.29, 0.717) is 6.04 Å². The van der Waals surface area contributed by atoms with Gasteiger partial charge in [-0.05, 0) is 53.8 Å².